The maximum absolute atomic E-state index is 13.1. The molecule has 0 amide bonds. The van der Waals surface area contributed by atoms with Crippen molar-refractivity contribution in [2.45, 2.75) is 49.5 Å². The SMILES string of the molecule is CC1(C)Cc2cc(S(=O)(=O)N3CCC(c4ccncn4)CC3)ccc2O1. The van der Waals surface area contributed by atoms with Crippen molar-refractivity contribution in [3.63, 3.8) is 0 Å². The van der Waals surface area contributed by atoms with E-state index in [9.17, 15) is 8.42 Å². The van der Waals surface area contributed by atoms with Gasteiger partial charge in [-0.15, -0.1) is 0 Å². The van der Waals surface area contributed by atoms with E-state index in [0.29, 0.717) is 23.9 Å². The molecular formula is C19H23N3O3S. The van der Waals surface area contributed by atoms with E-state index in [1.54, 1.807) is 35.0 Å². The summed E-state index contributed by atoms with van der Waals surface area (Å²) in [6, 6.07) is 7.13. The molecule has 2 aromatic rings. The maximum atomic E-state index is 13.1. The maximum Gasteiger partial charge on any atom is 0.243 e. The van der Waals surface area contributed by atoms with E-state index in [-0.39, 0.29) is 5.60 Å². The summed E-state index contributed by atoms with van der Waals surface area (Å²) in [4.78, 5) is 8.61. The fourth-order valence-corrected chi connectivity index (χ4v) is 5.35. The highest BCUT2D eigenvalue weighted by molar-refractivity contribution is 7.89. The van der Waals surface area contributed by atoms with Crippen LogP contribution in [0.1, 0.15) is 43.9 Å². The Kier molecular flexibility index (Phi) is 4.23. The number of sulfonamides is 1. The molecular weight excluding hydrogens is 350 g/mol. The number of aromatic nitrogens is 2. The van der Waals surface area contributed by atoms with Crippen molar-refractivity contribution in [1.82, 2.24) is 14.3 Å². The van der Waals surface area contributed by atoms with Crippen LogP contribution in [-0.2, 0) is 16.4 Å². The molecule has 3 heterocycles. The first-order chi connectivity index (χ1) is 12.4. The van der Waals surface area contributed by atoms with Crippen LogP contribution in [0, 0.1) is 0 Å². The Balaban J connectivity index is 1.50. The fourth-order valence-electron chi connectivity index (χ4n) is 3.83. The van der Waals surface area contributed by atoms with Crippen molar-refractivity contribution in [2.24, 2.45) is 0 Å². The van der Waals surface area contributed by atoms with Crippen molar-refractivity contribution >= 4 is 10.0 Å². The first-order valence-corrected chi connectivity index (χ1v) is 10.4. The fraction of sp³-hybridized carbons (Fsp3) is 0.474. The average Bonchev–Trinajstić information content (AvgIpc) is 2.95. The molecule has 0 unspecified atom stereocenters. The Hall–Kier alpha value is -1.99. The van der Waals surface area contributed by atoms with Crippen molar-refractivity contribution in [1.29, 1.82) is 0 Å². The van der Waals surface area contributed by atoms with E-state index in [2.05, 4.69) is 9.97 Å². The molecule has 0 atom stereocenters. The lowest BCUT2D eigenvalue weighted by Crippen LogP contribution is -2.38. The first-order valence-electron chi connectivity index (χ1n) is 8.93. The molecule has 2 aliphatic heterocycles. The van der Waals surface area contributed by atoms with Gasteiger partial charge >= 0.3 is 0 Å². The molecule has 0 bridgehead atoms. The van der Waals surface area contributed by atoms with Gasteiger partial charge in [-0.2, -0.15) is 4.31 Å². The molecule has 6 nitrogen and oxygen atoms in total. The number of hydrogen-bond donors (Lipinski definition) is 0. The van der Waals surface area contributed by atoms with Gasteiger partial charge < -0.3 is 4.74 Å². The zero-order valence-electron chi connectivity index (χ0n) is 15.1. The van der Waals surface area contributed by atoms with Crippen LogP contribution in [0.2, 0.25) is 0 Å². The molecule has 1 aromatic carbocycles. The van der Waals surface area contributed by atoms with E-state index in [4.69, 9.17) is 4.74 Å². The van der Waals surface area contributed by atoms with E-state index < -0.39 is 10.0 Å². The molecule has 1 aromatic heterocycles. The minimum absolute atomic E-state index is 0.277. The van der Waals surface area contributed by atoms with Gasteiger partial charge in [0.25, 0.3) is 0 Å². The number of rotatable bonds is 3. The van der Waals surface area contributed by atoms with Crippen LogP contribution < -0.4 is 4.74 Å². The van der Waals surface area contributed by atoms with Crippen LogP contribution in [0.4, 0.5) is 0 Å². The quantitative estimate of drug-likeness (QED) is 0.827. The molecule has 0 spiro atoms. The summed E-state index contributed by atoms with van der Waals surface area (Å²) in [5.74, 6) is 1.08. The lowest BCUT2D eigenvalue weighted by atomic mass is 9.94. The number of nitrogens with zero attached hydrogens (tertiary/aromatic N) is 3. The Bertz CT molecular complexity index is 905. The zero-order chi connectivity index (χ0) is 18.4. The van der Waals surface area contributed by atoms with Crippen molar-refractivity contribution in [3.05, 3.63) is 48.0 Å². The van der Waals surface area contributed by atoms with Gasteiger partial charge in [0.15, 0.2) is 0 Å². The zero-order valence-corrected chi connectivity index (χ0v) is 15.9. The molecule has 1 fully saturated rings. The Morgan fingerprint density at radius 2 is 1.96 bits per heavy atom. The van der Waals surface area contributed by atoms with Crippen LogP contribution in [0.3, 0.4) is 0 Å². The molecule has 26 heavy (non-hydrogen) atoms. The van der Waals surface area contributed by atoms with Gasteiger partial charge in [-0.3, -0.25) is 0 Å². The lowest BCUT2D eigenvalue weighted by molar-refractivity contribution is 0.138. The molecule has 2 aliphatic rings. The van der Waals surface area contributed by atoms with Crippen molar-refractivity contribution < 1.29 is 13.2 Å². The Morgan fingerprint density at radius 1 is 1.19 bits per heavy atom. The van der Waals surface area contributed by atoms with E-state index in [1.165, 1.54) is 0 Å². The topological polar surface area (TPSA) is 72.4 Å². The highest BCUT2D eigenvalue weighted by atomic mass is 32.2. The number of piperidine rings is 1. The molecule has 1 saturated heterocycles. The summed E-state index contributed by atoms with van der Waals surface area (Å²) in [6.07, 6.45) is 5.56. The third kappa shape index (κ3) is 3.21. The largest absolute Gasteiger partial charge is 0.487 e. The molecule has 4 rings (SSSR count). The summed E-state index contributed by atoms with van der Waals surface area (Å²) in [5.41, 5.74) is 1.68. The van der Waals surface area contributed by atoms with Crippen LogP contribution in [-0.4, -0.2) is 41.4 Å². The van der Waals surface area contributed by atoms with Crippen LogP contribution in [0.25, 0.3) is 0 Å². The van der Waals surface area contributed by atoms with Gasteiger partial charge in [0.1, 0.15) is 17.7 Å². The molecule has 0 saturated carbocycles. The van der Waals surface area contributed by atoms with E-state index in [0.717, 1.165) is 36.3 Å². The van der Waals surface area contributed by atoms with Crippen LogP contribution in [0.15, 0.2) is 41.7 Å². The highest BCUT2D eigenvalue weighted by Gasteiger charge is 2.34. The predicted molar refractivity (Wildman–Crippen MR) is 97.6 cm³/mol. The molecule has 0 aliphatic carbocycles. The predicted octanol–water partition coefficient (Wildman–Crippen LogP) is 2.76. The molecule has 0 radical (unpaired) electrons. The first kappa shape index (κ1) is 17.4. The standard InChI is InChI=1S/C19H23N3O3S/c1-19(2)12-15-11-16(3-4-18(15)25-19)26(23,24)22-9-6-14(7-10-22)17-5-8-20-13-21-17/h3-5,8,11,13-14H,6-7,9-10,12H2,1-2H3. The van der Waals surface area contributed by atoms with E-state index in [1.807, 2.05) is 19.9 Å². The smallest absolute Gasteiger partial charge is 0.243 e. The van der Waals surface area contributed by atoms with E-state index >= 15 is 0 Å². The summed E-state index contributed by atoms with van der Waals surface area (Å²) in [7, 11) is -3.48. The van der Waals surface area contributed by atoms with Gasteiger partial charge in [-0.25, -0.2) is 18.4 Å². The third-order valence-electron chi connectivity index (χ3n) is 5.15. The van der Waals surface area contributed by atoms with Crippen LogP contribution in [0.5, 0.6) is 5.75 Å². The lowest BCUT2D eigenvalue weighted by Gasteiger charge is -2.31. The summed E-state index contributed by atoms with van der Waals surface area (Å²) >= 11 is 0. The molecule has 0 N–H and O–H groups in total. The highest BCUT2D eigenvalue weighted by Crippen LogP contribution is 2.37. The van der Waals surface area contributed by atoms with Gasteiger partial charge in [-0.1, -0.05) is 0 Å². The molecule has 138 valence electrons. The van der Waals surface area contributed by atoms with Crippen LogP contribution >= 0.6 is 0 Å². The number of hydrogen-bond acceptors (Lipinski definition) is 5. The second-order valence-electron chi connectivity index (χ2n) is 7.62. The van der Waals surface area contributed by atoms with Gasteiger partial charge in [0.2, 0.25) is 10.0 Å². The second kappa shape index (κ2) is 6.32. The number of ether oxygens (including phenoxy) is 1. The Morgan fingerprint density at radius 3 is 2.65 bits per heavy atom. The minimum atomic E-state index is -3.48. The van der Waals surface area contributed by atoms with Gasteiger partial charge in [0.05, 0.1) is 4.90 Å². The van der Waals surface area contributed by atoms with Crippen molar-refractivity contribution in [2.75, 3.05) is 13.1 Å². The average molecular weight is 373 g/mol. The van der Waals surface area contributed by atoms with Crippen molar-refractivity contribution in [3.8, 4) is 5.75 Å². The summed E-state index contributed by atoms with van der Waals surface area (Å²) < 4.78 is 33.5. The summed E-state index contributed by atoms with van der Waals surface area (Å²) in [5, 5.41) is 0. The monoisotopic (exact) mass is 373 g/mol. The number of benzene rings is 1. The van der Waals surface area contributed by atoms with Gasteiger partial charge in [0, 0.05) is 37.3 Å². The third-order valence-corrected chi connectivity index (χ3v) is 7.04. The summed E-state index contributed by atoms with van der Waals surface area (Å²) in [6.45, 7) is 5.05. The molecule has 7 heteroatoms. The minimum Gasteiger partial charge on any atom is -0.487 e. The second-order valence-corrected chi connectivity index (χ2v) is 9.56. The normalized spacial score (nSPS) is 20.5. The Labute approximate surface area is 154 Å². The van der Waals surface area contributed by atoms with Gasteiger partial charge in [-0.05, 0) is 56.5 Å². The number of fused-ring (bicyclic) bond motifs is 1.